The summed E-state index contributed by atoms with van der Waals surface area (Å²) in [5.74, 6) is -0.00232. The Bertz CT molecular complexity index is 478. The fraction of sp³-hybridized carbons (Fsp3) is 0.667. The van der Waals surface area contributed by atoms with E-state index < -0.39 is 5.97 Å². The lowest BCUT2D eigenvalue weighted by Gasteiger charge is -2.17. The maximum Gasteiger partial charge on any atom is 0.351 e. The van der Waals surface area contributed by atoms with E-state index in [0.717, 1.165) is 32.6 Å². The lowest BCUT2D eigenvalue weighted by molar-refractivity contribution is 0.0607. The Morgan fingerprint density at radius 3 is 2.63 bits per heavy atom. The van der Waals surface area contributed by atoms with E-state index in [4.69, 9.17) is 18.0 Å². The largest absolute Gasteiger partial charge is 0.465 e. The highest BCUT2D eigenvalue weighted by Gasteiger charge is 2.17. The molecule has 108 valence electrons. The number of carbonyl (C=O) groups excluding carboxylic acids is 1. The molecule has 0 saturated heterocycles. The third-order valence-electron chi connectivity index (χ3n) is 3.05. The van der Waals surface area contributed by atoms with Crippen LogP contribution in [-0.4, -0.2) is 42.2 Å². The van der Waals surface area contributed by atoms with Crippen LogP contribution in [-0.2, 0) is 11.3 Å². The van der Waals surface area contributed by atoms with Gasteiger partial charge in [-0.15, -0.1) is 0 Å². The number of anilines is 1. The number of nitrogen functional groups attached to an aromatic ring is 1. The van der Waals surface area contributed by atoms with Gasteiger partial charge < -0.3 is 19.9 Å². The van der Waals surface area contributed by atoms with E-state index in [1.165, 1.54) is 18.4 Å². The van der Waals surface area contributed by atoms with Gasteiger partial charge in [-0.1, -0.05) is 25.2 Å². The summed E-state index contributed by atoms with van der Waals surface area (Å²) in [4.78, 5) is 14.3. The highest BCUT2D eigenvalue weighted by Crippen LogP contribution is 2.23. The predicted octanol–water partition coefficient (Wildman–Crippen LogP) is 2.38. The van der Waals surface area contributed by atoms with Gasteiger partial charge in [0.2, 0.25) is 0 Å². The topological polar surface area (TPSA) is 60.5 Å². The van der Waals surface area contributed by atoms with Crippen molar-refractivity contribution in [2.24, 2.45) is 0 Å². The molecule has 0 bridgehead atoms. The van der Waals surface area contributed by atoms with Gasteiger partial charge in [-0.3, -0.25) is 0 Å². The molecule has 19 heavy (non-hydrogen) atoms. The third-order valence-corrected chi connectivity index (χ3v) is 4.50. The van der Waals surface area contributed by atoms with Crippen LogP contribution in [0.3, 0.4) is 0 Å². The van der Waals surface area contributed by atoms with Crippen molar-refractivity contribution in [3.05, 3.63) is 8.83 Å². The second-order valence-corrected chi connectivity index (χ2v) is 5.75. The normalized spacial score (nSPS) is 10.9. The number of ether oxygens (including phenoxy) is 1. The number of thiazole rings is 1. The van der Waals surface area contributed by atoms with Crippen LogP contribution in [0.2, 0.25) is 0 Å². The summed E-state index contributed by atoms with van der Waals surface area (Å²) in [6.07, 6.45) is 0.956. The van der Waals surface area contributed by atoms with E-state index in [2.05, 4.69) is 23.5 Å². The smallest absolute Gasteiger partial charge is 0.351 e. The Morgan fingerprint density at radius 2 is 2.11 bits per heavy atom. The summed E-state index contributed by atoms with van der Waals surface area (Å²) in [7, 11) is 1.34. The zero-order valence-corrected chi connectivity index (χ0v) is 13.3. The number of esters is 1. The molecule has 1 rings (SSSR count). The monoisotopic (exact) mass is 303 g/mol. The molecule has 0 aliphatic carbocycles. The number of methoxy groups -OCH3 is 1. The van der Waals surface area contributed by atoms with E-state index in [0.29, 0.717) is 14.6 Å². The predicted molar refractivity (Wildman–Crippen MR) is 81.3 cm³/mol. The fourth-order valence-corrected chi connectivity index (χ4v) is 3.15. The SMILES string of the molecule is CCN(CC)CCCn1c(N)c(C(=O)OC)sc1=S. The summed E-state index contributed by atoms with van der Waals surface area (Å²) in [6.45, 7) is 8.09. The van der Waals surface area contributed by atoms with Gasteiger partial charge in [-0.05, 0) is 38.3 Å². The molecule has 1 heterocycles. The quantitative estimate of drug-likeness (QED) is 0.619. The molecule has 5 nitrogen and oxygen atoms in total. The molecule has 0 amide bonds. The molecule has 0 radical (unpaired) electrons. The van der Waals surface area contributed by atoms with Crippen molar-refractivity contribution >= 4 is 35.3 Å². The minimum atomic E-state index is -0.420. The molecule has 1 aromatic heterocycles. The van der Waals surface area contributed by atoms with Crippen LogP contribution in [0.4, 0.5) is 5.82 Å². The van der Waals surface area contributed by atoms with Crippen molar-refractivity contribution in [1.82, 2.24) is 9.47 Å². The van der Waals surface area contributed by atoms with Gasteiger partial charge in [-0.25, -0.2) is 4.79 Å². The molecule has 7 heteroatoms. The van der Waals surface area contributed by atoms with Gasteiger partial charge in [-0.2, -0.15) is 0 Å². The Kier molecular flexibility index (Phi) is 6.47. The molecule has 2 N–H and O–H groups in total. The van der Waals surface area contributed by atoms with E-state index in [-0.39, 0.29) is 0 Å². The Hall–Kier alpha value is -0.920. The second kappa shape index (κ2) is 7.62. The average molecular weight is 303 g/mol. The minimum absolute atomic E-state index is 0.398. The van der Waals surface area contributed by atoms with E-state index in [9.17, 15) is 4.79 Å². The number of hydrogen-bond donors (Lipinski definition) is 1. The van der Waals surface area contributed by atoms with Crippen molar-refractivity contribution in [2.45, 2.75) is 26.8 Å². The van der Waals surface area contributed by atoms with Crippen LogP contribution in [0.1, 0.15) is 29.9 Å². The summed E-state index contributed by atoms with van der Waals surface area (Å²) in [5.41, 5.74) is 5.95. The molecule has 0 atom stereocenters. The number of carbonyl (C=O) groups is 1. The first-order valence-electron chi connectivity index (χ1n) is 6.34. The number of nitrogens with zero attached hydrogens (tertiary/aromatic N) is 2. The van der Waals surface area contributed by atoms with Crippen molar-refractivity contribution in [1.29, 1.82) is 0 Å². The molecular formula is C12H21N3O2S2. The third kappa shape index (κ3) is 4.02. The van der Waals surface area contributed by atoms with Crippen LogP contribution in [0, 0.1) is 3.95 Å². The Morgan fingerprint density at radius 1 is 1.47 bits per heavy atom. The van der Waals surface area contributed by atoms with Gasteiger partial charge in [0.25, 0.3) is 0 Å². The van der Waals surface area contributed by atoms with Crippen molar-refractivity contribution < 1.29 is 9.53 Å². The van der Waals surface area contributed by atoms with Gasteiger partial charge in [0.1, 0.15) is 5.82 Å². The zero-order valence-electron chi connectivity index (χ0n) is 11.6. The van der Waals surface area contributed by atoms with E-state index >= 15 is 0 Å². The number of hydrogen-bond acceptors (Lipinski definition) is 6. The van der Waals surface area contributed by atoms with Gasteiger partial charge in [0.05, 0.1) is 7.11 Å². The summed E-state index contributed by atoms with van der Waals surface area (Å²) in [5, 5.41) is 0. The standard InChI is InChI=1S/C12H21N3O2S2/c1-4-14(5-2)7-6-8-15-10(13)9(11(16)17-3)19-12(15)18/h4-8,13H2,1-3H3. The number of nitrogens with two attached hydrogens (primary N) is 1. The van der Waals surface area contributed by atoms with Gasteiger partial charge >= 0.3 is 5.97 Å². The molecule has 0 aliphatic rings. The van der Waals surface area contributed by atoms with Gasteiger partial charge in [0.15, 0.2) is 8.83 Å². The van der Waals surface area contributed by atoms with Crippen molar-refractivity contribution in [2.75, 3.05) is 32.5 Å². The summed E-state index contributed by atoms with van der Waals surface area (Å²) in [6, 6.07) is 0. The molecule has 0 aromatic carbocycles. The molecule has 0 saturated carbocycles. The van der Waals surface area contributed by atoms with Crippen LogP contribution in [0.25, 0.3) is 0 Å². The highest BCUT2D eigenvalue weighted by atomic mass is 32.1. The summed E-state index contributed by atoms with van der Waals surface area (Å²) >= 11 is 6.45. The minimum Gasteiger partial charge on any atom is -0.465 e. The van der Waals surface area contributed by atoms with Crippen LogP contribution < -0.4 is 5.73 Å². The first-order valence-corrected chi connectivity index (χ1v) is 7.57. The second-order valence-electron chi connectivity index (χ2n) is 4.11. The van der Waals surface area contributed by atoms with Crippen LogP contribution in [0.15, 0.2) is 0 Å². The number of aromatic nitrogens is 1. The Labute approximate surface area is 123 Å². The molecule has 0 spiro atoms. The molecular weight excluding hydrogens is 282 g/mol. The van der Waals surface area contributed by atoms with E-state index in [1.54, 1.807) is 0 Å². The van der Waals surface area contributed by atoms with Crippen molar-refractivity contribution in [3.8, 4) is 0 Å². The average Bonchev–Trinajstić information content (AvgIpc) is 2.70. The zero-order chi connectivity index (χ0) is 14.4. The van der Waals surface area contributed by atoms with Crippen LogP contribution in [0.5, 0.6) is 0 Å². The first kappa shape index (κ1) is 16.1. The Balaban J connectivity index is 2.72. The maximum absolute atomic E-state index is 11.5. The van der Waals surface area contributed by atoms with Crippen molar-refractivity contribution in [3.63, 3.8) is 0 Å². The van der Waals surface area contributed by atoms with Crippen LogP contribution >= 0.6 is 23.6 Å². The molecule has 1 aromatic rings. The summed E-state index contributed by atoms with van der Waals surface area (Å²) < 4.78 is 7.12. The van der Waals surface area contributed by atoms with Gasteiger partial charge in [0, 0.05) is 6.54 Å². The fourth-order valence-electron chi connectivity index (χ4n) is 1.86. The lowest BCUT2D eigenvalue weighted by atomic mass is 10.3. The molecule has 0 unspecified atom stereocenters. The molecule has 0 fully saturated rings. The van der Waals surface area contributed by atoms with E-state index in [1.807, 2.05) is 4.57 Å². The number of rotatable bonds is 7. The lowest BCUT2D eigenvalue weighted by Crippen LogP contribution is -2.25. The maximum atomic E-state index is 11.5. The molecule has 0 aliphatic heterocycles. The first-order chi connectivity index (χ1) is 9.04. The highest BCUT2D eigenvalue weighted by molar-refractivity contribution is 7.73.